The van der Waals surface area contributed by atoms with E-state index in [0.717, 1.165) is 52.4 Å². The number of nitrogens with one attached hydrogen (secondary N) is 1. The van der Waals surface area contributed by atoms with Crippen molar-refractivity contribution in [1.29, 1.82) is 0 Å². The SMILES string of the molecule is Cc1c(C(=O)NC2CCCC2)sc2ncnc(N3CCCCCC3)c12. The van der Waals surface area contributed by atoms with Gasteiger partial charge >= 0.3 is 0 Å². The van der Waals surface area contributed by atoms with Gasteiger partial charge in [-0.3, -0.25) is 4.79 Å². The number of aryl methyl sites for hydroxylation is 1. The lowest BCUT2D eigenvalue weighted by atomic mass is 10.1. The molecule has 0 radical (unpaired) electrons. The van der Waals surface area contributed by atoms with Gasteiger partial charge in [-0.15, -0.1) is 11.3 Å². The minimum atomic E-state index is 0.0641. The Hall–Kier alpha value is -1.69. The molecule has 3 heterocycles. The third-order valence-corrected chi connectivity index (χ3v) is 6.71. The molecule has 0 atom stereocenters. The molecule has 2 aliphatic rings. The fourth-order valence-corrected chi connectivity index (χ4v) is 5.16. The fraction of sp³-hybridized carbons (Fsp3) is 0.632. The molecule has 0 unspecified atom stereocenters. The molecule has 25 heavy (non-hydrogen) atoms. The largest absolute Gasteiger partial charge is 0.356 e. The average molecular weight is 359 g/mol. The highest BCUT2D eigenvalue weighted by atomic mass is 32.1. The summed E-state index contributed by atoms with van der Waals surface area (Å²) in [5.74, 6) is 1.08. The second-order valence-corrected chi connectivity index (χ2v) is 8.29. The summed E-state index contributed by atoms with van der Waals surface area (Å²) in [6.45, 7) is 4.14. The number of amides is 1. The van der Waals surface area contributed by atoms with Crippen LogP contribution >= 0.6 is 11.3 Å². The van der Waals surface area contributed by atoms with Crippen LogP contribution in [0, 0.1) is 6.92 Å². The zero-order valence-corrected chi connectivity index (χ0v) is 15.7. The second-order valence-electron chi connectivity index (χ2n) is 7.29. The molecule has 1 amide bonds. The Bertz CT molecular complexity index is 758. The quantitative estimate of drug-likeness (QED) is 0.899. The number of thiophene rings is 1. The van der Waals surface area contributed by atoms with Crippen molar-refractivity contribution in [3.8, 4) is 0 Å². The van der Waals surface area contributed by atoms with E-state index in [1.54, 1.807) is 6.33 Å². The Kier molecular flexibility index (Phi) is 4.88. The highest BCUT2D eigenvalue weighted by molar-refractivity contribution is 7.20. The number of rotatable bonds is 3. The molecule has 1 saturated heterocycles. The van der Waals surface area contributed by atoms with Crippen LogP contribution in [0.15, 0.2) is 6.33 Å². The number of carbonyl (C=O) groups excluding carboxylic acids is 1. The van der Waals surface area contributed by atoms with Crippen molar-refractivity contribution in [3.05, 3.63) is 16.8 Å². The maximum atomic E-state index is 12.8. The molecule has 2 fully saturated rings. The Balaban J connectivity index is 1.67. The summed E-state index contributed by atoms with van der Waals surface area (Å²) in [4.78, 5) is 25.9. The average Bonchev–Trinajstić information content (AvgIpc) is 3.14. The molecule has 1 N–H and O–H groups in total. The highest BCUT2D eigenvalue weighted by Crippen LogP contribution is 2.35. The molecule has 5 nitrogen and oxygen atoms in total. The zero-order valence-electron chi connectivity index (χ0n) is 14.9. The van der Waals surface area contributed by atoms with E-state index in [-0.39, 0.29) is 5.91 Å². The molecule has 0 spiro atoms. The number of hydrogen-bond donors (Lipinski definition) is 1. The summed E-state index contributed by atoms with van der Waals surface area (Å²) in [6.07, 6.45) is 11.3. The molecule has 0 bridgehead atoms. The molecule has 4 rings (SSSR count). The van der Waals surface area contributed by atoms with Crippen LogP contribution in [0.25, 0.3) is 10.2 Å². The van der Waals surface area contributed by atoms with Gasteiger partial charge in [-0.05, 0) is 38.2 Å². The van der Waals surface area contributed by atoms with E-state index < -0.39 is 0 Å². The summed E-state index contributed by atoms with van der Waals surface area (Å²) >= 11 is 1.51. The highest BCUT2D eigenvalue weighted by Gasteiger charge is 2.24. The van der Waals surface area contributed by atoms with Crippen LogP contribution in [0.2, 0.25) is 0 Å². The third kappa shape index (κ3) is 3.36. The van der Waals surface area contributed by atoms with E-state index in [1.807, 2.05) is 6.92 Å². The van der Waals surface area contributed by atoms with Crippen LogP contribution in [0.4, 0.5) is 5.82 Å². The molecule has 0 aromatic carbocycles. The summed E-state index contributed by atoms with van der Waals surface area (Å²) < 4.78 is 0. The van der Waals surface area contributed by atoms with Gasteiger partial charge in [0, 0.05) is 19.1 Å². The summed E-state index contributed by atoms with van der Waals surface area (Å²) in [6, 6.07) is 0.341. The van der Waals surface area contributed by atoms with E-state index in [1.165, 1.54) is 49.9 Å². The van der Waals surface area contributed by atoms with Crippen LogP contribution in [0.3, 0.4) is 0 Å². The topological polar surface area (TPSA) is 58.1 Å². The number of fused-ring (bicyclic) bond motifs is 1. The molecule has 2 aromatic heterocycles. The molecule has 1 saturated carbocycles. The van der Waals surface area contributed by atoms with Gasteiger partial charge < -0.3 is 10.2 Å². The zero-order chi connectivity index (χ0) is 17.2. The lowest BCUT2D eigenvalue weighted by Crippen LogP contribution is -2.32. The van der Waals surface area contributed by atoms with Gasteiger partial charge in [-0.2, -0.15) is 0 Å². The van der Waals surface area contributed by atoms with Crippen molar-refractivity contribution in [2.75, 3.05) is 18.0 Å². The van der Waals surface area contributed by atoms with Gasteiger partial charge in [-0.1, -0.05) is 25.7 Å². The molecule has 134 valence electrons. The monoisotopic (exact) mass is 358 g/mol. The van der Waals surface area contributed by atoms with Crippen molar-refractivity contribution in [2.24, 2.45) is 0 Å². The Morgan fingerprint density at radius 1 is 1.12 bits per heavy atom. The number of hydrogen-bond acceptors (Lipinski definition) is 5. The van der Waals surface area contributed by atoms with Crippen molar-refractivity contribution in [3.63, 3.8) is 0 Å². The summed E-state index contributed by atoms with van der Waals surface area (Å²) in [5, 5.41) is 4.29. The number of anilines is 1. The van der Waals surface area contributed by atoms with Gasteiger partial charge in [-0.25, -0.2) is 9.97 Å². The number of aromatic nitrogens is 2. The normalized spacial score (nSPS) is 19.3. The van der Waals surface area contributed by atoms with Crippen LogP contribution in [-0.4, -0.2) is 35.0 Å². The first-order valence-corrected chi connectivity index (χ1v) is 10.4. The smallest absolute Gasteiger partial charge is 0.261 e. The number of nitrogens with zero attached hydrogens (tertiary/aromatic N) is 3. The van der Waals surface area contributed by atoms with E-state index in [9.17, 15) is 4.79 Å². The first kappa shape index (κ1) is 16.8. The summed E-state index contributed by atoms with van der Waals surface area (Å²) in [5.41, 5.74) is 1.04. The van der Waals surface area contributed by atoms with E-state index in [2.05, 4.69) is 20.2 Å². The molecule has 1 aliphatic carbocycles. The minimum Gasteiger partial charge on any atom is -0.356 e. The van der Waals surface area contributed by atoms with E-state index >= 15 is 0 Å². The van der Waals surface area contributed by atoms with Crippen LogP contribution in [-0.2, 0) is 0 Å². The minimum absolute atomic E-state index is 0.0641. The Morgan fingerprint density at radius 2 is 1.84 bits per heavy atom. The first-order valence-electron chi connectivity index (χ1n) is 9.54. The second kappa shape index (κ2) is 7.28. The predicted octanol–water partition coefficient (Wildman–Crippen LogP) is 4.05. The van der Waals surface area contributed by atoms with Gasteiger partial charge in [0.05, 0.1) is 10.3 Å². The maximum Gasteiger partial charge on any atom is 0.261 e. The van der Waals surface area contributed by atoms with Gasteiger partial charge in [0.15, 0.2) is 0 Å². The van der Waals surface area contributed by atoms with Crippen LogP contribution < -0.4 is 10.2 Å². The molecular weight excluding hydrogens is 332 g/mol. The van der Waals surface area contributed by atoms with Gasteiger partial charge in [0.1, 0.15) is 17.0 Å². The third-order valence-electron chi connectivity index (χ3n) is 5.51. The van der Waals surface area contributed by atoms with Crippen molar-refractivity contribution in [2.45, 2.75) is 64.3 Å². The van der Waals surface area contributed by atoms with E-state index in [4.69, 9.17) is 0 Å². The Labute approximate surface area is 152 Å². The van der Waals surface area contributed by atoms with E-state index in [0.29, 0.717) is 6.04 Å². The number of carbonyl (C=O) groups is 1. The lowest BCUT2D eigenvalue weighted by Gasteiger charge is -2.22. The van der Waals surface area contributed by atoms with Crippen molar-refractivity contribution in [1.82, 2.24) is 15.3 Å². The Morgan fingerprint density at radius 3 is 2.56 bits per heavy atom. The standard InChI is InChI=1S/C19H26N4OS/c1-13-15-17(23-10-6-2-3-7-11-23)20-12-21-19(15)25-16(13)18(24)22-14-8-4-5-9-14/h12,14H,2-11H2,1H3,(H,22,24). The van der Waals surface area contributed by atoms with Crippen molar-refractivity contribution < 1.29 is 4.79 Å². The molecule has 2 aromatic rings. The van der Waals surface area contributed by atoms with Crippen molar-refractivity contribution >= 4 is 33.3 Å². The fourth-order valence-electron chi connectivity index (χ4n) is 4.11. The molecular formula is C19H26N4OS. The van der Waals surface area contributed by atoms with Gasteiger partial charge in [0.2, 0.25) is 0 Å². The van der Waals surface area contributed by atoms with Crippen LogP contribution in [0.1, 0.15) is 66.6 Å². The maximum absolute atomic E-state index is 12.8. The summed E-state index contributed by atoms with van der Waals surface area (Å²) in [7, 11) is 0. The molecule has 1 aliphatic heterocycles. The van der Waals surface area contributed by atoms with Crippen LogP contribution in [0.5, 0.6) is 0 Å². The lowest BCUT2D eigenvalue weighted by molar-refractivity contribution is 0.0941. The van der Waals surface area contributed by atoms with Gasteiger partial charge in [0.25, 0.3) is 5.91 Å². The molecule has 6 heteroatoms. The first-order chi connectivity index (χ1) is 12.2. The predicted molar refractivity (Wildman–Crippen MR) is 103 cm³/mol.